The number of ether oxygens (including phenoxy) is 1. The van der Waals surface area contributed by atoms with Gasteiger partial charge in [-0.05, 0) is 49.2 Å². The van der Waals surface area contributed by atoms with Crippen LogP contribution in [-0.2, 0) is 0 Å². The summed E-state index contributed by atoms with van der Waals surface area (Å²) in [5, 5.41) is 0. The number of hydrogen-bond donors (Lipinski definition) is 0. The Bertz CT molecular complexity index is 600. The molecule has 96 valence electrons. The highest BCUT2D eigenvalue weighted by Crippen LogP contribution is 2.27. The largest absolute Gasteiger partial charge is 0.490 e. The number of benzene rings is 2. The topological polar surface area (TPSA) is 26.3 Å². The van der Waals surface area contributed by atoms with Crippen LogP contribution in [0.2, 0.25) is 0 Å². The molecular formula is C16H13FO2. The lowest BCUT2D eigenvalue weighted by Crippen LogP contribution is -2.02. The molecule has 1 saturated carbocycles. The highest BCUT2D eigenvalue weighted by molar-refractivity contribution is 6.09. The Hall–Kier alpha value is -2.16. The average molecular weight is 256 g/mol. The Balaban J connectivity index is 1.79. The van der Waals surface area contributed by atoms with Crippen LogP contribution in [0.4, 0.5) is 4.39 Å². The molecule has 0 radical (unpaired) electrons. The van der Waals surface area contributed by atoms with Gasteiger partial charge in [0.25, 0.3) is 0 Å². The number of ketones is 1. The molecule has 3 heteroatoms. The minimum atomic E-state index is -0.403. The van der Waals surface area contributed by atoms with E-state index in [0.717, 1.165) is 18.6 Å². The number of carbonyl (C=O) groups is 1. The van der Waals surface area contributed by atoms with Gasteiger partial charge in [0, 0.05) is 11.1 Å². The molecule has 0 aliphatic heterocycles. The lowest BCUT2D eigenvalue weighted by Gasteiger charge is -2.05. The molecular weight excluding hydrogens is 243 g/mol. The lowest BCUT2D eigenvalue weighted by atomic mass is 10.0. The lowest BCUT2D eigenvalue weighted by molar-refractivity contribution is 0.103. The zero-order valence-corrected chi connectivity index (χ0v) is 10.3. The van der Waals surface area contributed by atoms with Gasteiger partial charge in [0.15, 0.2) is 5.78 Å². The zero-order chi connectivity index (χ0) is 13.2. The highest BCUT2D eigenvalue weighted by atomic mass is 19.1. The van der Waals surface area contributed by atoms with Crippen molar-refractivity contribution in [1.82, 2.24) is 0 Å². The van der Waals surface area contributed by atoms with Gasteiger partial charge in [0.2, 0.25) is 0 Å². The number of carbonyl (C=O) groups excluding carboxylic acids is 1. The standard InChI is InChI=1S/C16H13FO2/c17-13-3-1-2-12(10-13)16(18)11-4-6-14(7-5-11)19-15-8-9-15/h1-7,10,15H,8-9H2. The van der Waals surface area contributed by atoms with Crippen LogP contribution in [0, 0.1) is 5.82 Å². The molecule has 0 heterocycles. The molecule has 1 aliphatic carbocycles. The Labute approximate surface area is 110 Å². The number of rotatable bonds is 4. The average Bonchev–Trinajstić information content (AvgIpc) is 3.23. The molecule has 0 unspecified atom stereocenters. The summed E-state index contributed by atoms with van der Waals surface area (Å²) in [4.78, 5) is 12.1. The van der Waals surface area contributed by atoms with Crippen molar-refractivity contribution < 1.29 is 13.9 Å². The van der Waals surface area contributed by atoms with Crippen molar-refractivity contribution in [3.8, 4) is 5.75 Å². The van der Waals surface area contributed by atoms with E-state index in [2.05, 4.69) is 0 Å². The molecule has 0 N–H and O–H groups in total. The molecule has 0 saturated heterocycles. The summed E-state index contributed by atoms with van der Waals surface area (Å²) in [7, 11) is 0. The third-order valence-corrected chi connectivity index (χ3v) is 3.03. The maximum atomic E-state index is 13.1. The molecule has 19 heavy (non-hydrogen) atoms. The van der Waals surface area contributed by atoms with Crippen molar-refractivity contribution >= 4 is 5.78 Å². The van der Waals surface area contributed by atoms with Crippen LogP contribution >= 0.6 is 0 Å². The van der Waals surface area contributed by atoms with E-state index in [9.17, 15) is 9.18 Å². The van der Waals surface area contributed by atoms with E-state index in [4.69, 9.17) is 4.74 Å². The van der Waals surface area contributed by atoms with Gasteiger partial charge >= 0.3 is 0 Å². The van der Waals surface area contributed by atoms with Crippen molar-refractivity contribution in [2.45, 2.75) is 18.9 Å². The number of halogens is 1. The molecule has 1 fully saturated rings. The quantitative estimate of drug-likeness (QED) is 0.781. The normalized spacial score (nSPS) is 14.2. The van der Waals surface area contributed by atoms with Crippen LogP contribution in [-0.4, -0.2) is 11.9 Å². The summed E-state index contributed by atoms with van der Waals surface area (Å²) in [6, 6.07) is 12.7. The van der Waals surface area contributed by atoms with E-state index >= 15 is 0 Å². The fraction of sp³-hybridized carbons (Fsp3) is 0.188. The predicted octanol–water partition coefficient (Wildman–Crippen LogP) is 3.60. The van der Waals surface area contributed by atoms with Crippen LogP contribution < -0.4 is 4.74 Å². The third kappa shape index (κ3) is 2.81. The summed E-state index contributed by atoms with van der Waals surface area (Å²) in [5.74, 6) is 0.190. The zero-order valence-electron chi connectivity index (χ0n) is 10.3. The molecule has 0 bridgehead atoms. The summed E-state index contributed by atoms with van der Waals surface area (Å²) in [6.45, 7) is 0. The molecule has 2 aromatic carbocycles. The van der Waals surface area contributed by atoms with Crippen molar-refractivity contribution in [2.24, 2.45) is 0 Å². The van der Waals surface area contributed by atoms with Gasteiger partial charge in [0.1, 0.15) is 11.6 Å². The molecule has 0 atom stereocenters. The molecule has 2 nitrogen and oxygen atoms in total. The Kier molecular flexibility index (Phi) is 3.03. The van der Waals surface area contributed by atoms with Gasteiger partial charge in [0.05, 0.1) is 6.10 Å². The van der Waals surface area contributed by atoms with Gasteiger partial charge in [-0.2, -0.15) is 0 Å². The van der Waals surface area contributed by atoms with E-state index in [1.165, 1.54) is 18.2 Å². The second-order valence-electron chi connectivity index (χ2n) is 4.68. The first kappa shape index (κ1) is 11.9. The first-order valence-electron chi connectivity index (χ1n) is 6.29. The molecule has 3 rings (SSSR count). The molecule has 0 aromatic heterocycles. The third-order valence-electron chi connectivity index (χ3n) is 3.03. The summed E-state index contributed by atoms with van der Waals surface area (Å²) in [6.07, 6.45) is 2.54. The van der Waals surface area contributed by atoms with Gasteiger partial charge in [-0.3, -0.25) is 4.79 Å². The predicted molar refractivity (Wildman–Crippen MR) is 69.9 cm³/mol. The summed E-state index contributed by atoms with van der Waals surface area (Å²) < 4.78 is 18.7. The van der Waals surface area contributed by atoms with Crippen molar-refractivity contribution in [2.75, 3.05) is 0 Å². The Morgan fingerprint density at radius 3 is 2.42 bits per heavy atom. The minimum absolute atomic E-state index is 0.183. The van der Waals surface area contributed by atoms with E-state index < -0.39 is 5.82 Å². The maximum absolute atomic E-state index is 13.1. The second kappa shape index (κ2) is 4.84. The van der Waals surface area contributed by atoms with Crippen LogP contribution in [0.3, 0.4) is 0 Å². The molecule has 0 spiro atoms. The van der Waals surface area contributed by atoms with Crippen LogP contribution in [0.25, 0.3) is 0 Å². The van der Waals surface area contributed by atoms with Crippen molar-refractivity contribution in [1.29, 1.82) is 0 Å². The maximum Gasteiger partial charge on any atom is 0.193 e. The minimum Gasteiger partial charge on any atom is -0.490 e. The van der Waals surface area contributed by atoms with E-state index in [-0.39, 0.29) is 5.78 Å². The number of hydrogen-bond acceptors (Lipinski definition) is 2. The first-order chi connectivity index (χ1) is 9.22. The fourth-order valence-corrected chi connectivity index (χ4v) is 1.86. The SMILES string of the molecule is O=C(c1ccc(OC2CC2)cc1)c1cccc(F)c1. The van der Waals surface area contributed by atoms with E-state index in [1.54, 1.807) is 30.3 Å². The van der Waals surface area contributed by atoms with Crippen LogP contribution in [0.5, 0.6) is 5.75 Å². The molecule has 1 aliphatic rings. The van der Waals surface area contributed by atoms with Crippen LogP contribution in [0.1, 0.15) is 28.8 Å². The van der Waals surface area contributed by atoms with E-state index in [0.29, 0.717) is 17.2 Å². The van der Waals surface area contributed by atoms with Crippen LogP contribution in [0.15, 0.2) is 48.5 Å². The van der Waals surface area contributed by atoms with Gasteiger partial charge < -0.3 is 4.74 Å². The van der Waals surface area contributed by atoms with E-state index in [1.807, 2.05) is 0 Å². The Morgan fingerprint density at radius 2 is 1.79 bits per heavy atom. The summed E-state index contributed by atoms with van der Waals surface area (Å²) in [5.41, 5.74) is 0.893. The summed E-state index contributed by atoms with van der Waals surface area (Å²) >= 11 is 0. The Morgan fingerprint density at radius 1 is 1.05 bits per heavy atom. The highest BCUT2D eigenvalue weighted by Gasteiger charge is 2.23. The van der Waals surface area contributed by atoms with Gasteiger partial charge in [-0.25, -0.2) is 4.39 Å². The fourth-order valence-electron chi connectivity index (χ4n) is 1.86. The van der Waals surface area contributed by atoms with Gasteiger partial charge in [-0.15, -0.1) is 0 Å². The smallest absolute Gasteiger partial charge is 0.193 e. The van der Waals surface area contributed by atoms with Crippen molar-refractivity contribution in [3.63, 3.8) is 0 Å². The molecule has 0 amide bonds. The molecule has 2 aromatic rings. The first-order valence-corrected chi connectivity index (χ1v) is 6.29. The second-order valence-corrected chi connectivity index (χ2v) is 4.68. The van der Waals surface area contributed by atoms with Gasteiger partial charge in [-0.1, -0.05) is 12.1 Å². The van der Waals surface area contributed by atoms with Crippen molar-refractivity contribution in [3.05, 3.63) is 65.5 Å². The monoisotopic (exact) mass is 256 g/mol.